The normalized spacial score (nSPS) is 14.1. The first-order valence-corrected chi connectivity index (χ1v) is 33.3. The number of hydrogen-bond donors (Lipinski definition) is 0. The van der Waals surface area contributed by atoms with E-state index in [-0.39, 0.29) is 42.7 Å². The maximum absolute atomic E-state index is 7.02. The molecule has 5 aromatic heterocycles. The van der Waals surface area contributed by atoms with Gasteiger partial charge in [0.05, 0.1) is 16.7 Å². The van der Waals surface area contributed by atoms with Crippen LogP contribution in [0.25, 0.3) is 150 Å². The monoisotopic (exact) mass is 1430 g/mol. The minimum atomic E-state index is -0.242. The van der Waals surface area contributed by atoms with Gasteiger partial charge in [0.2, 0.25) is 0 Å². The van der Waals surface area contributed by atoms with Gasteiger partial charge in [-0.25, -0.2) is 4.98 Å². The van der Waals surface area contributed by atoms with E-state index in [1.54, 1.807) is 0 Å². The molecule has 0 unspecified atom stereocenters. The average Bonchev–Trinajstić information content (AvgIpc) is 1.42. The molecule has 96 heavy (non-hydrogen) atoms. The molecule has 2 aliphatic rings. The predicted molar refractivity (Wildman–Crippen MR) is 388 cm³/mol. The number of furan rings is 2. The summed E-state index contributed by atoms with van der Waals surface area (Å²) in [6, 6.07) is 84.8. The molecule has 0 radical (unpaired) electrons. The number of ether oxygens (including phenoxy) is 1. The second-order valence-corrected chi connectivity index (χ2v) is 29.8. The molecule has 0 saturated carbocycles. The first-order chi connectivity index (χ1) is 45.8. The smallest absolute Gasteiger partial charge is 0.268 e. The topological polar surface area (TPSA) is 62.1 Å². The van der Waals surface area contributed by atoms with E-state index >= 15 is 0 Å². The third-order valence-corrected chi connectivity index (χ3v) is 20.8. The molecule has 11 aromatic carbocycles. The van der Waals surface area contributed by atoms with E-state index in [0.717, 1.165) is 146 Å². The van der Waals surface area contributed by atoms with Crippen molar-refractivity contribution in [1.29, 1.82) is 0 Å². The van der Waals surface area contributed by atoms with Crippen LogP contribution in [0.15, 0.2) is 227 Å². The fourth-order valence-electron chi connectivity index (χ4n) is 15.4. The summed E-state index contributed by atoms with van der Waals surface area (Å²) in [6.07, 6.45) is 8.27. The van der Waals surface area contributed by atoms with Crippen LogP contribution in [0.4, 0.5) is 0 Å². The van der Waals surface area contributed by atoms with E-state index in [1.807, 2.05) is 30.5 Å². The fourth-order valence-corrected chi connectivity index (χ4v) is 15.4. The number of hydrogen-bond acceptors (Lipinski definition) is 4. The zero-order chi connectivity index (χ0) is 64.6. The Morgan fingerprint density at radius 1 is 0.448 bits per heavy atom. The summed E-state index contributed by atoms with van der Waals surface area (Å²) in [7, 11) is 0. The van der Waals surface area contributed by atoms with Crippen molar-refractivity contribution < 1.29 is 39.2 Å². The number of fused-ring (bicyclic) bond motifs is 17. The van der Waals surface area contributed by atoms with Gasteiger partial charge in [0.15, 0.2) is 0 Å². The van der Waals surface area contributed by atoms with Crippen molar-refractivity contribution in [2.75, 3.05) is 0 Å². The SMILES string of the molecule is CC(C)(C)c1ccnc(-n2c3[c-]c(Oc4[c-]c(-n5[c-][n+]6c7c(cc(-c8ccc9oc%10ccccc%10c9c8)cc75)-c5ccccc5-c5cc7c(cc5-c5cc(C(C)(C)C)cc(-c8ccc9oc%10ccccc%10c9c8)c5-6)C(C)(C)CCC7(C)C)ccc4)ccc3c3ccccc32)c1.[Pt]. The Balaban J connectivity index is 0.00000697. The number of aromatic nitrogens is 4. The Morgan fingerprint density at radius 2 is 1.03 bits per heavy atom. The molecule has 0 fully saturated rings. The zero-order valence-electron chi connectivity index (χ0n) is 55.5. The number of nitrogens with zero attached hydrogens (tertiary/aromatic N) is 4. The molecule has 0 N–H and O–H groups in total. The molecule has 1 aliphatic carbocycles. The predicted octanol–water partition coefficient (Wildman–Crippen LogP) is 23.0. The maximum atomic E-state index is 7.02. The van der Waals surface area contributed by atoms with Crippen LogP contribution in [0.1, 0.15) is 104 Å². The molecule has 472 valence electrons. The Hall–Kier alpha value is -10.1. The minimum absolute atomic E-state index is 0. The Kier molecular flexibility index (Phi) is 13.3. The average molecular weight is 1430 g/mol. The number of benzene rings is 11. The van der Waals surface area contributed by atoms with Gasteiger partial charge in [-0.05, 0) is 190 Å². The van der Waals surface area contributed by atoms with Gasteiger partial charge in [-0.2, -0.15) is 18.2 Å². The molecule has 16 aromatic rings. The molecular formula is C88H70N4O3Pt-2. The summed E-state index contributed by atoms with van der Waals surface area (Å²) < 4.78 is 26.9. The Morgan fingerprint density at radius 3 is 1.72 bits per heavy atom. The van der Waals surface area contributed by atoms with Crippen molar-refractivity contribution in [3.8, 4) is 84.3 Å². The summed E-state index contributed by atoms with van der Waals surface area (Å²) in [6.45, 7) is 23.5. The molecule has 0 bridgehead atoms. The summed E-state index contributed by atoms with van der Waals surface area (Å²) >= 11 is 0. The standard InChI is InChI=1S/C88H70N4O3.Pt/c1-85(2,3)55-36-39-89-82(46-55)92-75-27-16-13-24-62(75)63-33-32-59(48-76(63)92)93-58-21-19-20-57(47-58)90-51-91-83-66(53-31-35-81-70(41-53)65-26-15-18-29-79(65)95-81)44-56(86(4,5)6)45-72(83)68-50-74-73(87(7,8)37-38-88(74,9)10)49-67(68)60-22-11-12-23-61(60)71-42-54(43-77(90)84(71)91)52-30-34-80-69(40-52)64-25-14-17-28-78(64)94-80;/h11-36,39-46,49-50H,37-38H2,1-10H3;/q-2;. The maximum Gasteiger partial charge on any atom is 0.268 e. The van der Waals surface area contributed by atoms with Crippen LogP contribution in [-0.2, 0) is 42.7 Å². The van der Waals surface area contributed by atoms with Crippen LogP contribution in [0.2, 0.25) is 0 Å². The van der Waals surface area contributed by atoms with Crippen molar-refractivity contribution in [2.45, 2.75) is 104 Å². The Bertz CT molecular complexity index is 5930. The van der Waals surface area contributed by atoms with Crippen molar-refractivity contribution >= 4 is 76.7 Å². The van der Waals surface area contributed by atoms with Gasteiger partial charge in [-0.3, -0.25) is 4.57 Å². The van der Waals surface area contributed by atoms with Gasteiger partial charge in [0, 0.05) is 65.8 Å². The first kappa shape index (κ1) is 59.7. The van der Waals surface area contributed by atoms with Gasteiger partial charge < -0.3 is 22.7 Å². The largest absolute Gasteiger partial charge is 0.510 e. The molecule has 6 heterocycles. The van der Waals surface area contributed by atoms with Crippen LogP contribution in [-0.4, -0.2) is 14.1 Å². The molecule has 0 atom stereocenters. The quantitative estimate of drug-likeness (QED) is 0.123. The second kappa shape index (κ2) is 21.5. The van der Waals surface area contributed by atoms with Gasteiger partial charge in [0.1, 0.15) is 28.1 Å². The molecular weight excluding hydrogens is 1360 g/mol. The van der Waals surface area contributed by atoms with Crippen molar-refractivity contribution in [3.05, 3.63) is 259 Å². The van der Waals surface area contributed by atoms with Crippen LogP contribution >= 0.6 is 0 Å². The molecule has 0 amide bonds. The molecule has 0 spiro atoms. The van der Waals surface area contributed by atoms with Crippen molar-refractivity contribution in [1.82, 2.24) is 14.1 Å². The van der Waals surface area contributed by atoms with E-state index in [9.17, 15) is 0 Å². The Labute approximate surface area is 573 Å². The molecule has 8 heteroatoms. The number of para-hydroxylation sites is 3. The molecule has 18 rings (SSSR count). The third kappa shape index (κ3) is 9.39. The summed E-state index contributed by atoms with van der Waals surface area (Å²) in [5, 5.41) is 6.49. The first-order valence-electron chi connectivity index (χ1n) is 33.3. The number of imidazole rings is 1. The number of pyridine rings is 1. The van der Waals surface area contributed by atoms with Gasteiger partial charge in [-0.15, -0.1) is 29.7 Å². The van der Waals surface area contributed by atoms with Gasteiger partial charge in [-0.1, -0.05) is 190 Å². The van der Waals surface area contributed by atoms with E-state index in [0.29, 0.717) is 11.5 Å². The zero-order valence-corrected chi connectivity index (χ0v) is 57.8. The van der Waals surface area contributed by atoms with E-state index in [1.165, 1.54) is 38.9 Å². The van der Waals surface area contributed by atoms with Crippen LogP contribution in [0.3, 0.4) is 0 Å². The molecule has 0 saturated heterocycles. The van der Waals surface area contributed by atoms with Crippen LogP contribution in [0.5, 0.6) is 11.5 Å². The van der Waals surface area contributed by atoms with E-state index < -0.39 is 0 Å². The van der Waals surface area contributed by atoms with E-state index in [2.05, 4.69) is 289 Å². The fraction of sp³-hybridized carbons (Fsp3) is 0.182. The van der Waals surface area contributed by atoms with Crippen molar-refractivity contribution in [2.24, 2.45) is 0 Å². The summed E-state index contributed by atoms with van der Waals surface area (Å²) in [4.78, 5) is 4.97. The van der Waals surface area contributed by atoms with Crippen molar-refractivity contribution in [3.63, 3.8) is 0 Å². The third-order valence-electron chi connectivity index (χ3n) is 20.8. The van der Waals surface area contributed by atoms with E-state index in [4.69, 9.17) is 18.6 Å². The molecule has 1 aliphatic heterocycles. The summed E-state index contributed by atoms with van der Waals surface area (Å²) in [5.74, 6) is 1.93. The minimum Gasteiger partial charge on any atom is -0.510 e. The second-order valence-electron chi connectivity index (χ2n) is 29.8. The number of rotatable bonds is 6. The van der Waals surface area contributed by atoms with Gasteiger partial charge in [0.25, 0.3) is 6.33 Å². The van der Waals surface area contributed by atoms with Gasteiger partial charge >= 0.3 is 0 Å². The van der Waals surface area contributed by atoms with Crippen LogP contribution in [0, 0.1) is 18.5 Å². The summed E-state index contributed by atoms with van der Waals surface area (Å²) in [5.41, 5.74) is 25.1. The van der Waals surface area contributed by atoms with Crippen LogP contribution < -0.4 is 9.30 Å². The molecule has 7 nitrogen and oxygen atoms in total.